The number of para-hydroxylation sites is 2. The summed E-state index contributed by atoms with van der Waals surface area (Å²) in [6.45, 7) is 2.36. The van der Waals surface area contributed by atoms with Crippen LogP contribution in [-0.4, -0.2) is 41.3 Å². The van der Waals surface area contributed by atoms with E-state index in [9.17, 15) is 9.59 Å². The molecule has 7 heteroatoms. The van der Waals surface area contributed by atoms with E-state index >= 15 is 0 Å². The minimum absolute atomic E-state index is 0.132. The number of nitrogens with one attached hydrogen (secondary N) is 1. The maximum absolute atomic E-state index is 12.7. The summed E-state index contributed by atoms with van der Waals surface area (Å²) in [6, 6.07) is 6.82. The van der Waals surface area contributed by atoms with E-state index in [1.165, 1.54) is 4.68 Å². The molecular formula is C17H20N4O3. The maximum Gasteiger partial charge on any atom is 0.270 e. The Morgan fingerprint density at radius 1 is 1.38 bits per heavy atom. The van der Waals surface area contributed by atoms with Gasteiger partial charge in [-0.1, -0.05) is 12.1 Å². The Hall–Kier alpha value is -2.83. The predicted molar refractivity (Wildman–Crippen MR) is 89.2 cm³/mol. The number of ether oxygens (including phenoxy) is 1. The van der Waals surface area contributed by atoms with E-state index in [0.29, 0.717) is 24.4 Å². The van der Waals surface area contributed by atoms with Gasteiger partial charge in [0.2, 0.25) is 5.91 Å². The quantitative estimate of drug-likeness (QED) is 0.917. The lowest BCUT2D eigenvalue weighted by Crippen LogP contribution is -2.42. The van der Waals surface area contributed by atoms with Crippen LogP contribution in [0.25, 0.3) is 0 Å². The molecule has 1 saturated heterocycles. The fourth-order valence-corrected chi connectivity index (χ4v) is 3.01. The van der Waals surface area contributed by atoms with Crippen LogP contribution < -0.4 is 15.0 Å². The van der Waals surface area contributed by atoms with E-state index in [1.807, 2.05) is 31.2 Å². The summed E-state index contributed by atoms with van der Waals surface area (Å²) in [7, 11) is 3.28. The van der Waals surface area contributed by atoms with Gasteiger partial charge in [-0.15, -0.1) is 0 Å². The molecule has 0 aliphatic carbocycles. The minimum Gasteiger partial charge on any atom is -0.495 e. The van der Waals surface area contributed by atoms with Gasteiger partial charge in [0.05, 0.1) is 19.0 Å². The van der Waals surface area contributed by atoms with Gasteiger partial charge in [0.1, 0.15) is 17.5 Å². The van der Waals surface area contributed by atoms with Crippen LogP contribution in [0.3, 0.4) is 0 Å². The van der Waals surface area contributed by atoms with E-state index in [-0.39, 0.29) is 11.8 Å². The normalized spacial score (nSPS) is 17.2. The van der Waals surface area contributed by atoms with Gasteiger partial charge in [0.15, 0.2) is 0 Å². The number of aromatic nitrogens is 2. The van der Waals surface area contributed by atoms with E-state index in [4.69, 9.17) is 4.74 Å². The lowest BCUT2D eigenvalue weighted by atomic mass is 10.2. The molecule has 0 spiro atoms. The summed E-state index contributed by atoms with van der Waals surface area (Å²) < 4.78 is 6.84. The van der Waals surface area contributed by atoms with Gasteiger partial charge in [-0.25, -0.2) is 0 Å². The average molecular weight is 328 g/mol. The maximum atomic E-state index is 12.7. The molecule has 2 amide bonds. The van der Waals surface area contributed by atoms with Crippen molar-refractivity contribution in [1.29, 1.82) is 0 Å². The third kappa shape index (κ3) is 2.73. The van der Waals surface area contributed by atoms with Crippen LogP contribution in [0.1, 0.15) is 22.5 Å². The average Bonchev–Trinajstić information content (AvgIpc) is 3.10. The number of hydrogen-bond donors (Lipinski definition) is 1. The van der Waals surface area contributed by atoms with Crippen LogP contribution in [0.5, 0.6) is 5.75 Å². The van der Waals surface area contributed by atoms with Gasteiger partial charge in [0, 0.05) is 13.6 Å². The van der Waals surface area contributed by atoms with E-state index in [0.717, 1.165) is 11.3 Å². The van der Waals surface area contributed by atoms with Crippen LogP contribution in [0.2, 0.25) is 0 Å². The third-order valence-corrected chi connectivity index (χ3v) is 4.22. The summed E-state index contributed by atoms with van der Waals surface area (Å²) in [5.74, 6) is 0.223. The van der Waals surface area contributed by atoms with Gasteiger partial charge in [-0.2, -0.15) is 5.10 Å². The molecule has 2 heterocycles. The molecule has 1 unspecified atom stereocenters. The molecule has 0 saturated carbocycles. The molecule has 7 nitrogen and oxygen atoms in total. The van der Waals surface area contributed by atoms with Crippen molar-refractivity contribution in [2.24, 2.45) is 7.05 Å². The minimum atomic E-state index is -0.545. The van der Waals surface area contributed by atoms with Crippen LogP contribution in [-0.2, 0) is 11.8 Å². The van der Waals surface area contributed by atoms with Crippen molar-refractivity contribution in [3.8, 4) is 5.75 Å². The Kier molecular flexibility index (Phi) is 4.24. The number of carbonyl (C=O) groups excluding carboxylic acids is 2. The Morgan fingerprint density at radius 2 is 2.12 bits per heavy atom. The van der Waals surface area contributed by atoms with Gasteiger partial charge < -0.3 is 15.0 Å². The molecule has 1 atom stereocenters. The number of nitrogens with zero attached hydrogens (tertiary/aromatic N) is 3. The highest BCUT2D eigenvalue weighted by Gasteiger charge is 2.35. The van der Waals surface area contributed by atoms with Crippen molar-refractivity contribution in [3.05, 3.63) is 41.7 Å². The molecule has 1 aromatic carbocycles. The fourth-order valence-electron chi connectivity index (χ4n) is 3.01. The summed E-state index contributed by atoms with van der Waals surface area (Å²) in [4.78, 5) is 26.8. The Labute approximate surface area is 140 Å². The van der Waals surface area contributed by atoms with Crippen molar-refractivity contribution >= 4 is 17.5 Å². The topological polar surface area (TPSA) is 76.5 Å². The first kappa shape index (κ1) is 16.0. The largest absolute Gasteiger partial charge is 0.495 e. The predicted octanol–water partition coefficient (Wildman–Crippen LogP) is 1.27. The van der Waals surface area contributed by atoms with Gasteiger partial charge >= 0.3 is 0 Å². The van der Waals surface area contributed by atoms with Crippen molar-refractivity contribution in [1.82, 2.24) is 15.1 Å². The highest BCUT2D eigenvalue weighted by Crippen LogP contribution is 2.31. The highest BCUT2D eigenvalue weighted by atomic mass is 16.5. The zero-order valence-corrected chi connectivity index (χ0v) is 13.9. The first-order chi connectivity index (χ1) is 11.5. The molecule has 0 radical (unpaired) electrons. The standard InChI is InChI=1S/C17H20N4O3/c1-11-10-18-20(2)15(11)16(22)19-12-8-9-21(17(12)23)13-6-4-5-7-14(13)24-3/h4-7,10,12H,8-9H2,1-3H3,(H,19,22). The SMILES string of the molecule is COc1ccccc1N1CCC(NC(=O)c2c(C)cnn2C)C1=O. The monoisotopic (exact) mass is 328 g/mol. The first-order valence-corrected chi connectivity index (χ1v) is 7.76. The molecule has 2 aromatic rings. The van der Waals surface area contributed by atoms with Crippen LogP contribution >= 0.6 is 0 Å². The molecule has 0 bridgehead atoms. The lowest BCUT2D eigenvalue weighted by molar-refractivity contribution is -0.118. The molecule has 1 N–H and O–H groups in total. The number of benzene rings is 1. The molecule has 1 aromatic heterocycles. The summed E-state index contributed by atoms with van der Waals surface area (Å²) >= 11 is 0. The molecule has 24 heavy (non-hydrogen) atoms. The van der Waals surface area contributed by atoms with Crippen LogP contribution in [0.4, 0.5) is 5.69 Å². The number of carbonyl (C=O) groups is 2. The molecular weight excluding hydrogens is 308 g/mol. The molecule has 3 rings (SSSR count). The summed E-state index contributed by atoms with van der Waals surface area (Å²) in [5, 5.41) is 6.88. The smallest absolute Gasteiger partial charge is 0.270 e. The molecule has 1 aliphatic heterocycles. The fraction of sp³-hybridized carbons (Fsp3) is 0.353. The zero-order chi connectivity index (χ0) is 17.3. The molecule has 1 fully saturated rings. The van der Waals surface area contributed by atoms with Crippen molar-refractivity contribution in [3.63, 3.8) is 0 Å². The van der Waals surface area contributed by atoms with E-state index in [1.54, 1.807) is 25.3 Å². The summed E-state index contributed by atoms with van der Waals surface area (Å²) in [5.41, 5.74) is 1.97. The first-order valence-electron chi connectivity index (χ1n) is 7.76. The number of hydrogen-bond acceptors (Lipinski definition) is 4. The van der Waals surface area contributed by atoms with Crippen molar-refractivity contribution in [2.75, 3.05) is 18.6 Å². The number of amides is 2. The molecule has 1 aliphatic rings. The van der Waals surface area contributed by atoms with Crippen LogP contribution in [0, 0.1) is 6.92 Å². The highest BCUT2D eigenvalue weighted by molar-refractivity contribution is 6.04. The van der Waals surface area contributed by atoms with Gasteiger partial charge in [-0.3, -0.25) is 14.3 Å². The van der Waals surface area contributed by atoms with Gasteiger partial charge in [0.25, 0.3) is 5.91 Å². The second-order valence-corrected chi connectivity index (χ2v) is 5.78. The second kappa shape index (κ2) is 6.35. The molecule has 126 valence electrons. The second-order valence-electron chi connectivity index (χ2n) is 5.78. The number of methoxy groups -OCH3 is 1. The lowest BCUT2D eigenvalue weighted by Gasteiger charge is -2.19. The number of anilines is 1. The number of rotatable bonds is 4. The Bertz CT molecular complexity index is 764. The summed E-state index contributed by atoms with van der Waals surface area (Å²) in [6.07, 6.45) is 2.19. The van der Waals surface area contributed by atoms with Crippen LogP contribution in [0.15, 0.2) is 30.5 Å². The third-order valence-electron chi connectivity index (χ3n) is 4.22. The van der Waals surface area contributed by atoms with Crippen molar-refractivity contribution in [2.45, 2.75) is 19.4 Å². The Balaban J connectivity index is 1.76. The van der Waals surface area contributed by atoms with Crippen molar-refractivity contribution < 1.29 is 14.3 Å². The van der Waals surface area contributed by atoms with E-state index < -0.39 is 6.04 Å². The number of aryl methyl sites for hydroxylation is 2. The van der Waals surface area contributed by atoms with Gasteiger partial charge in [-0.05, 0) is 31.0 Å². The zero-order valence-electron chi connectivity index (χ0n) is 13.9. The Morgan fingerprint density at radius 3 is 2.79 bits per heavy atom. The van der Waals surface area contributed by atoms with E-state index in [2.05, 4.69) is 10.4 Å².